The molecule has 1 heterocycles. The van der Waals surface area contributed by atoms with E-state index in [1.165, 1.54) is 11.3 Å². The maximum Gasteiger partial charge on any atom is 0.319 e. The van der Waals surface area contributed by atoms with Crippen LogP contribution in [-0.4, -0.2) is 28.2 Å². The third-order valence-corrected chi connectivity index (χ3v) is 6.02. The van der Waals surface area contributed by atoms with Crippen molar-refractivity contribution in [3.63, 3.8) is 0 Å². The highest BCUT2D eigenvalue weighted by molar-refractivity contribution is 7.18. The molecule has 0 saturated heterocycles. The van der Waals surface area contributed by atoms with E-state index in [2.05, 4.69) is 26.1 Å². The molecule has 1 aromatic heterocycles. The van der Waals surface area contributed by atoms with Gasteiger partial charge in [0, 0.05) is 21.3 Å². The molecule has 3 N–H and O–H groups in total. The number of aromatic nitrogens is 2. The first-order valence-corrected chi connectivity index (χ1v) is 11.2. The first-order valence-electron chi connectivity index (χ1n) is 9.59. The van der Waals surface area contributed by atoms with E-state index in [-0.39, 0.29) is 11.8 Å². The Hall–Kier alpha value is -2.68. The second kappa shape index (κ2) is 10.6. The Kier molecular flexibility index (Phi) is 7.84. The van der Waals surface area contributed by atoms with E-state index < -0.39 is 12.1 Å². The molecule has 0 spiro atoms. The maximum absolute atomic E-state index is 12.9. The molecule has 2 atom stereocenters. The SMILES string of the molecule is CC[C@@H](C)[C@@H](NC(=O)Nc1ccc(Cl)cc1)C(=O)Nc1nnc(-c2ccc(Cl)cc2)s1. The van der Waals surface area contributed by atoms with E-state index in [9.17, 15) is 9.59 Å². The average molecular weight is 478 g/mol. The number of carbonyl (C=O) groups excluding carboxylic acids is 2. The summed E-state index contributed by atoms with van der Waals surface area (Å²) in [7, 11) is 0. The van der Waals surface area contributed by atoms with Crippen LogP contribution < -0.4 is 16.0 Å². The van der Waals surface area contributed by atoms with Gasteiger partial charge in [0.2, 0.25) is 11.0 Å². The number of rotatable bonds is 7. The Balaban J connectivity index is 1.66. The monoisotopic (exact) mass is 477 g/mol. The minimum atomic E-state index is -0.750. The maximum atomic E-state index is 12.9. The Morgan fingerprint density at radius 3 is 2.19 bits per heavy atom. The van der Waals surface area contributed by atoms with Crippen molar-refractivity contribution in [1.82, 2.24) is 15.5 Å². The molecule has 10 heteroatoms. The summed E-state index contributed by atoms with van der Waals surface area (Å²) in [6.07, 6.45) is 0.700. The lowest BCUT2D eigenvalue weighted by molar-refractivity contribution is -0.119. The molecule has 0 aliphatic carbocycles. The number of benzene rings is 2. The summed E-state index contributed by atoms with van der Waals surface area (Å²) in [6.45, 7) is 3.85. The van der Waals surface area contributed by atoms with Crippen LogP contribution in [0.15, 0.2) is 48.5 Å². The number of nitrogens with zero attached hydrogens (tertiary/aromatic N) is 2. The van der Waals surface area contributed by atoms with Gasteiger partial charge in [-0.05, 0) is 42.3 Å². The average Bonchev–Trinajstić information content (AvgIpc) is 3.22. The van der Waals surface area contributed by atoms with E-state index in [0.29, 0.717) is 32.3 Å². The molecule has 2 aromatic carbocycles. The topological polar surface area (TPSA) is 96.0 Å². The van der Waals surface area contributed by atoms with E-state index in [1.807, 2.05) is 26.0 Å². The van der Waals surface area contributed by atoms with Gasteiger partial charge in [-0.15, -0.1) is 10.2 Å². The van der Waals surface area contributed by atoms with Gasteiger partial charge in [0.25, 0.3) is 0 Å². The Labute approximate surface area is 194 Å². The van der Waals surface area contributed by atoms with Gasteiger partial charge >= 0.3 is 6.03 Å². The highest BCUT2D eigenvalue weighted by atomic mass is 35.5. The van der Waals surface area contributed by atoms with Crippen molar-refractivity contribution in [3.8, 4) is 10.6 Å². The number of halogens is 2. The highest BCUT2D eigenvalue weighted by Gasteiger charge is 2.27. The van der Waals surface area contributed by atoms with Gasteiger partial charge in [-0.3, -0.25) is 10.1 Å². The second-order valence-electron chi connectivity index (χ2n) is 6.88. The zero-order valence-corrected chi connectivity index (χ0v) is 19.2. The summed E-state index contributed by atoms with van der Waals surface area (Å²) < 4.78 is 0. The molecule has 31 heavy (non-hydrogen) atoms. The van der Waals surface area contributed by atoms with Crippen molar-refractivity contribution in [1.29, 1.82) is 0 Å². The fourth-order valence-electron chi connectivity index (χ4n) is 2.71. The predicted octanol–water partition coefficient (Wildman–Crippen LogP) is 5.69. The lowest BCUT2D eigenvalue weighted by atomic mass is 9.98. The minimum Gasteiger partial charge on any atom is -0.326 e. The number of urea groups is 1. The Morgan fingerprint density at radius 2 is 1.58 bits per heavy atom. The van der Waals surface area contributed by atoms with Crippen LogP contribution in [-0.2, 0) is 4.79 Å². The van der Waals surface area contributed by atoms with Crippen molar-refractivity contribution in [2.75, 3.05) is 10.6 Å². The van der Waals surface area contributed by atoms with Gasteiger partial charge in [-0.2, -0.15) is 0 Å². The van der Waals surface area contributed by atoms with Gasteiger partial charge in [-0.25, -0.2) is 4.79 Å². The molecule has 0 bridgehead atoms. The van der Waals surface area contributed by atoms with E-state index >= 15 is 0 Å². The summed E-state index contributed by atoms with van der Waals surface area (Å²) in [5, 5.41) is 18.6. The predicted molar refractivity (Wildman–Crippen MR) is 126 cm³/mol. The number of carbonyl (C=O) groups is 2. The molecule has 3 rings (SSSR count). The molecule has 0 aliphatic rings. The lowest BCUT2D eigenvalue weighted by Gasteiger charge is -2.23. The number of anilines is 2. The summed E-state index contributed by atoms with van der Waals surface area (Å²) in [5.74, 6) is -0.459. The van der Waals surface area contributed by atoms with E-state index in [1.54, 1.807) is 36.4 Å². The number of hydrogen-bond donors (Lipinski definition) is 3. The van der Waals surface area contributed by atoms with Crippen LogP contribution in [0.25, 0.3) is 10.6 Å². The van der Waals surface area contributed by atoms with Gasteiger partial charge < -0.3 is 10.6 Å². The summed E-state index contributed by atoms with van der Waals surface area (Å²) in [4.78, 5) is 25.3. The van der Waals surface area contributed by atoms with E-state index in [0.717, 1.165) is 5.56 Å². The zero-order valence-electron chi connectivity index (χ0n) is 16.9. The van der Waals surface area contributed by atoms with Crippen LogP contribution in [0.3, 0.4) is 0 Å². The molecule has 0 aliphatic heterocycles. The molecule has 0 unspecified atom stereocenters. The number of amides is 3. The highest BCUT2D eigenvalue weighted by Crippen LogP contribution is 2.27. The quantitative estimate of drug-likeness (QED) is 0.407. The van der Waals surface area contributed by atoms with Gasteiger partial charge in [0.05, 0.1) is 0 Å². The van der Waals surface area contributed by atoms with Crippen molar-refractivity contribution in [2.24, 2.45) is 5.92 Å². The molecule has 0 saturated carbocycles. The normalized spacial score (nSPS) is 12.6. The van der Waals surface area contributed by atoms with Crippen molar-refractivity contribution >= 4 is 57.3 Å². The minimum absolute atomic E-state index is 0.0976. The first-order chi connectivity index (χ1) is 14.9. The largest absolute Gasteiger partial charge is 0.326 e. The van der Waals surface area contributed by atoms with E-state index in [4.69, 9.17) is 23.2 Å². The zero-order chi connectivity index (χ0) is 22.4. The fourth-order valence-corrected chi connectivity index (χ4v) is 3.71. The second-order valence-corrected chi connectivity index (χ2v) is 8.73. The van der Waals surface area contributed by atoms with Gasteiger partial charge in [0.15, 0.2) is 0 Å². The molecule has 7 nitrogen and oxygen atoms in total. The van der Waals surface area contributed by atoms with Crippen LogP contribution in [0, 0.1) is 5.92 Å². The first kappa shape index (κ1) is 23.0. The number of hydrogen-bond acceptors (Lipinski definition) is 5. The smallest absolute Gasteiger partial charge is 0.319 e. The Morgan fingerprint density at radius 1 is 0.968 bits per heavy atom. The van der Waals surface area contributed by atoms with Crippen molar-refractivity contribution in [3.05, 3.63) is 58.6 Å². The van der Waals surface area contributed by atoms with Crippen molar-refractivity contribution < 1.29 is 9.59 Å². The number of nitrogens with one attached hydrogen (secondary N) is 3. The molecule has 0 radical (unpaired) electrons. The summed E-state index contributed by atoms with van der Waals surface area (Å²) in [6, 6.07) is 12.7. The lowest BCUT2D eigenvalue weighted by Crippen LogP contribution is -2.49. The van der Waals surface area contributed by atoms with Gasteiger partial charge in [-0.1, -0.05) is 66.9 Å². The molecular weight excluding hydrogens is 457 g/mol. The standard InChI is InChI=1S/C21H21Cl2N5O2S/c1-3-12(2)17(25-20(30)24-16-10-8-15(23)9-11-16)18(29)26-21-28-27-19(31-21)13-4-6-14(22)7-5-13/h4-12,17H,3H2,1-2H3,(H2,24,25,30)(H,26,28,29)/t12-,17-/m1/s1. The molecule has 0 fully saturated rings. The van der Waals surface area contributed by atoms with Crippen LogP contribution in [0.2, 0.25) is 10.0 Å². The third-order valence-electron chi connectivity index (χ3n) is 4.63. The van der Waals surface area contributed by atoms with Crippen LogP contribution >= 0.6 is 34.5 Å². The van der Waals surface area contributed by atoms with Crippen LogP contribution in [0.5, 0.6) is 0 Å². The molecule has 3 amide bonds. The summed E-state index contributed by atoms with van der Waals surface area (Å²) in [5.41, 5.74) is 1.42. The molecular formula is C21H21Cl2N5O2S. The van der Waals surface area contributed by atoms with Gasteiger partial charge in [0.1, 0.15) is 11.0 Å². The third kappa shape index (κ3) is 6.40. The van der Waals surface area contributed by atoms with Crippen LogP contribution in [0.1, 0.15) is 20.3 Å². The van der Waals surface area contributed by atoms with Crippen LogP contribution in [0.4, 0.5) is 15.6 Å². The van der Waals surface area contributed by atoms with Crippen molar-refractivity contribution in [2.45, 2.75) is 26.3 Å². The molecule has 3 aromatic rings. The summed E-state index contributed by atoms with van der Waals surface area (Å²) >= 11 is 13.0. The molecule has 162 valence electrons. The fraction of sp³-hybridized carbons (Fsp3) is 0.238. The Bertz CT molecular complexity index is 1040.